The van der Waals surface area contributed by atoms with Crippen LogP contribution >= 0.6 is 0 Å². The Balaban J connectivity index is 1.84. The molecular formula is C14H15N5. The van der Waals surface area contributed by atoms with Crippen molar-refractivity contribution in [1.29, 1.82) is 0 Å². The standard InChI is InChI=1S/C14H15N5/c1-11-12(10-16-18-11)9-15-13-5-2-3-6-14(13)19-8-4-7-17-19/h2-8,10,15H,9H2,1H3,(H,16,18). The quantitative estimate of drug-likeness (QED) is 0.751. The second-order valence-corrected chi connectivity index (χ2v) is 4.34. The molecule has 0 amide bonds. The number of nitrogens with one attached hydrogen (secondary N) is 2. The fourth-order valence-corrected chi connectivity index (χ4v) is 1.98. The second kappa shape index (κ2) is 4.97. The molecule has 0 bridgehead atoms. The molecule has 0 aliphatic heterocycles. The largest absolute Gasteiger partial charge is 0.379 e. The number of aromatic amines is 1. The van der Waals surface area contributed by atoms with Gasteiger partial charge in [-0.3, -0.25) is 5.10 Å². The van der Waals surface area contributed by atoms with Gasteiger partial charge in [-0.1, -0.05) is 12.1 Å². The highest BCUT2D eigenvalue weighted by molar-refractivity contribution is 5.60. The van der Waals surface area contributed by atoms with Gasteiger partial charge in [0.2, 0.25) is 0 Å². The minimum atomic E-state index is 0.737. The van der Waals surface area contributed by atoms with Gasteiger partial charge in [-0.15, -0.1) is 0 Å². The van der Waals surface area contributed by atoms with E-state index in [2.05, 4.69) is 20.6 Å². The van der Waals surface area contributed by atoms with Gasteiger partial charge in [0.1, 0.15) is 0 Å². The van der Waals surface area contributed by atoms with Crippen LogP contribution in [0.1, 0.15) is 11.3 Å². The number of H-pyrrole nitrogens is 1. The Bertz CT molecular complexity index is 654. The molecule has 2 N–H and O–H groups in total. The Labute approximate surface area is 111 Å². The number of nitrogens with zero attached hydrogens (tertiary/aromatic N) is 3. The number of benzene rings is 1. The number of hydrogen-bond acceptors (Lipinski definition) is 3. The summed E-state index contributed by atoms with van der Waals surface area (Å²) in [5.41, 5.74) is 4.33. The molecule has 3 aromatic rings. The summed E-state index contributed by atoms with van der Waals surface area (Å²) in [6.07, 6.45) is 5.56. The fourth-order valence-electron chi connectivity index (χ4n) is 1.98. The van der Waals surface area contributed by atoms with Gasteiger partial charge in [-0.05, 0) is 25.1 Å². The van der Waals surface area contributed by atoms with Crippen LogP contribution < -0.4 is 5.32 Å². The number of para-hydroxylation sites is 2. The first-order chi connectivity index (χ1) is 9.34. The zero-order valence-electron chi connectivity index (χ0n) is 10.7. The van der Waals surface area contributed by atoms with Crippen molar-refractivity contribution in [1.82, 2.24) is 20.0 Å². The van der Waals surface area contributed by atoms with Crippen LogP contribution in [0.3, 0.4) is 0 Å². The van der Waals surface area contributed by atoms with Crippen LogP contribution in [-0.2, 0) is 6.54 Å². The molecule has 96 valence electrons. The molecule has 3 rings (SSSR count). The number of aromatic nitrogens is 4. The fraction of sp³-hybridized carbons (Fsp3) is 0.143. The highest BCUT2D eigenvalue weighted by atomic mass is 15.3. The van der Waals surface area contributed by atoms with E-state index in [1.807, 2.05) is 54.3 Å². The molecule has 2 heterocycles. The smallest absolute Gasteiger partial charge is 0.0876 e. The van der Waals surface area contributed by atoms with E-state index in [0.717, 1.165) is 29.2 Å². The molecule has 0 saturated heterocycles. The Hall–Kier alpha value is -2.56. The summed E-state index contributed by atoms with van der Waals surface area (Å²) in [6.45, 7) is 2.75. The summed E-state index contributed by atoms with van der Waals surface area (Å²) >= 11 is 0. The maximum Gasteiger partial charge on any atom is 0.0876 e. The van der Waals surface area contributed by atoms with E-state index in [9.17, 15) is 0 Å². The summed E-state index contributed by atoms with van der Waals surface area (Å²) in [6, 6.07) is 10.0. The van der Waals surface area contributed by atoms with Crippen LogP contribution in [0.5, 0.6) is 0 Å². The molecule has 5 nitrogen and oxygen atoms in total. The van der Waals surface area contributed by atoms with Crippen LogP contribution in [-0.4, -0.2) is 20.0 Å². The van der Waals surface area contributed by atoms with Crippen molar-refractivity contribution in [3.63, 3.8) is 0 Å². The lowest BCUT2D eigenvalue weighted by atomic mass is 10.2. The van der Waals surface area contributed by atoms with Crippen LogP contribution in [0.25, 0.3) is 5.69 Å². The normalized spacial score (nSPS) is 10.6. The van der Waals surface area contributed by atoms with Crippen molar-refractivity contribution in [3.8, 4) is 5.69 Å². The molecule has 0 atom stereocenters. The topological polar surface area (TPSA) is 58.5 Å². The van der Waals surface area contributed by atoms with Gasteiger partial charge in [0, 0.05) is 30.2 Å². The van der Waals surface area contributed by atoms with Crippen molar-refractivity contribution < 1.29 is 0 Å². The SMILES string of the molecule is Cc1[nH]ncc1CNc1ccccc1-n1cccn1. The molecule has 0 saturated carbocycles. The monoisotopic (exact) mass is 253 g/mol. The number of aryl methyl sites for hydroxylation is 1. The molecule has 0 aliphatic rings. The first-order valence-corrected chi connectivity index (χ1v) is 6.16. The van der Waals surface area contributed by atoms with E-state index in [4.69, 9.17) is 0 Å². The van der Waals surface area contributed by atoms with Crippen molar-refractivity contribution in [3.05, 3.63) is 60.2 Å². The zero-order valence-corrected chi connectivity index (χ0v) is 10.7. The summed E-state index contributed by atoms with van der Waals surface area (Å²) < 4.78 is 1.85. The average molecular weight is 253 g/mol. The van der Waals surface area contributed by atoms with Gasteiger partial charge in [0.05, 0.1) is 17.6 Å². The number of rotatable bonds is 4. The molecule has 0 fully saturated rings. The summed E-state index contributed by atoms with van der Waals surface area (Å²) in [7, 11) is 0. The first-order valence-electron chi connectivity index (χ1n) is 6.16. The van der Waals surface area contributed by atoms with Crippen LogP contribution in [0.2, 0.25) is 0 Å². The molecule has 1 aromatic carbocycles. The van der Waals surface area contributed by atoms with E-state index in [0.29, 0.717) is 0 Å². The van der Waals surface area contributed by atoms with Crippen molar-refractivity contribution in [2.45, 2.75) is 13.5 Å². The van der Waals surface area contributed by atoms with Crippen LogP contribution in [0, 0.1) is 6.92 Å². The lowest BCUT2D eigenvalue weighted by molar-refractivity contribution is 0.879. The molecule has 0 spiro atoms. The number of anilines is 1. The molecule has 0 unspecified atom stereocenters. The van der Waals surface area contributed by atoms with Gasteiger partial charge in [0.15, 0.2) is 0 Å². The van der Waals surface area contributed by atoms with E-state index in [1.165, 1.54) is 0 Å². The second-order valence-electron chi connectivity index (χ2n) is 4.34. The van der Waals surface area contributed by atoms with Gasteiger partial charge < -0.3 is 5.32 Å². The van der Waals surface area contributed by atoms with Crippen LogP contribution in [0.4, 0.5) is 5.69 Å². The van der Waals surface area contributed by atoms with Crippen molar-refractivity contribution in [2.75, 3.05) is 5.32 Å². The van der Waals surface area contributed by atoms with Crippen LogP contribution in [0.15, 0.2) is 48.9 Å². The summed E-state index contributed by atoms with van der Waals surface area (Å²) in [5, 5.41) is 14.7. The van der Waals surface area contributed by atoms with E-state index in [-0.39, 0.29) is 0 Å². The Morgan fingerprint density at radius 3 is 2.89 bits per heavy atom. The number of hydrogen-bond donors (Lipinski definition) is 2. The minimum Gasteiger partial charge on any atom is -0.379 e. The molecule has 0 aliphatic carbocycles. The molecule has 0 radical (unpaired) electrons. The molecule has 5 heteroatoms. The average Bonchev–Trinajstić information content (AvgIpc) is 3.08. The van der Waals surface area contributed by atoms with Gasteiger partial charge in [-0.25, -0.2) is 4.68 Å². The van der Waals surface area contributed by atoms with Gasteiger partial charge in [-0.2, -0.15) is 10.2 Å². The maximum atomic E-state index is 4.27. The van der Waals surface area contributed by atoms with Crippen molar-refractivity contribution in [2.24, 2.45) is 0 Å². The van der Waals surface area contributed by atoms with E-state index < -0.39 is 0 Å². The predicted molar refractivity (Wildman–Crippen MR) is 74.2 cm³/mol. The molecule has 19 heavy (non-hydrogen) atoms. The molecule has 2 aromatic heterocycles. The highest BCUT2D eigenvalue weighted by Gasteiger charge is 2.05. The minimum absolute atomic E-state index is 0.737. The van der Waals surface area contributed by atoms with E-state index >= 15 is 0 Å². The third-order valence-electron chi connectivity index (χ3n) is 3.06. The Morgan fingerprint density at radius 1 is 1.26 bits per heavy atom. The third kappa shape index (κ3) is 2.35. The Kier molecular flexibility index (Phi) is 3.02. The first kappa shape index (κ1) is 11.5. The maximum absolute atomic E-state index is 4.27. The van der Waals surface area contributed by atoms with Gasteiger partial charge >= 0.3 is 0 Å². The van der Waals surface area contributed by atoms with E-state index in [1.54, 1.807) is 6.20 Å². The highest BCUT2D eigenvalue weighted by Crippen LogP contribution is 2.20. The predicted octanol–water partition coefficient (Wildman–Crippen LogP) is 2.52. The van der Waals surface area contributed by atoms with Gasteiger partial charge in [0.25, 0.3) is 0 Å². The lowest BCUT2D eigenvalue weighted by Gasteiger charge is -2.11. The molecular weight excluding hydrogens is 238 g/mol. The lowest BCUT2D eigenvalue weighted by Crippen LogP contribution is -2.05. The van der Waals surface area contributed by atoms with Crippen molar-refractivity contribution >= 4 is 5.69 Å². The third-order valence-corrected chi connectivity index (χ3v) is 3.06. The summed E-state index contributed by atoms with van der Waals surface area (Å²) in [4.78, 5) is 0. The zero-order chi connectivity index (χ0) is 13.1. The summed E-state index contributed by atoms with van der Waals surface area (Å²) in [5.74, 6) is 0. The Morgan fingerprint density at radius 2 is 2.16 bits per heavy atom.